The average molecular weight is 317 g/mol. The highest BCUT2D eigenvalue weighted by Crippen LogP contribution is 2.13. The van der Waals surface area contributed by atoms with Crippen LogP contribution >= 0.6 is 11.6 Å². The van der Waals surface area contributed by atoms with Crippen LogP contribution in [0, 0.1) is 0 Å². The first kappa shape index (κ1) is 14.4. The van der Waals surface area contributed by atoms with Gasteiger partial charge in [0, 0.05) is 11.6 Å². The Balaban J connectivity index is 1.62. The van der Waals surface area contributed by atoms with E-state index in [1.54, 1.807) is 30.3 Å². The Morgan fingerprint density at radius 3 is 2.64 bits per heavy atom. The Hall–Kier alpha value is -2.53. The third-order valence-corrected chi connectivity index (χ3v) is 3.50. The van der Waals surface area contributed by atoms with Gasteiger partial charge < -0.3 is 9.73 Å². The number of carbonyl (C=O) groups is 1. The maximum absolute atomic E-state index is 12.0. The van der Waals surface area contributed by atoms with Gasteiger partial charge in [-0.3, -0.25) is 9.78 Å². The number of hydrogen-bond donors (Lipinski definition) is 2. The monoisotopic (exact) mass is 316 g/mol. The lowest BCUT2D eigenvalue weighted by molar-refractivity contribution is -0.120. The van der Waals surface area contributed by atoms with Crippen molar-refractivity contribution < 1.29 is 9.21 Å². The van der Waals surface area contributed by atoms with E-state index < -0.39 is 5.76 Å². The van der Waals surface area contributed by atoms with Gasteiger partial charge >= 0.3 is 5.76 Å². The van der Waals surface area contributed by atoms with Gasteiger partial charge in [0.05, 0.1) is 11.9 Å². The van der Waals surface area contributed by atoms with Crippen LogP contribution in [0.25, 0.3) is 11.1 Å². The van der Waals surface area contributed by atoms with Crippen molar-refractivity contribution in [3.63, 3.8) is 0 Å². The van der Waals surface area contributed by atoms with Gasteiger partial charge in [-0.05, 0) is 35.4 Å². The topological polar surface area (TPSA) is 75.1 Å². The second-order valence-electron chi connectivity index (χ2n) is 4.93. The number of halogens is 1. The molecule has 0 bridgehead atoms. The number of fused-ring (bicyclic) bond motifs is 1. The summed E-state index contributed by atoms with van der Waals surface area (Å²) in [5.41, 5.74) is 2.86. The van der Waals surface area contributed by atoms with Crippen molar-refractivity contribution in [2.75, 3.05) is 0 Å². The minimum Gasteiger partial charge on any atom is -0.408 e. The lowest BCUT2D eigenvalue weighted by Gasteiger charge is -2.05. The van der Waals surface area contributed by atoms with E-state index in [1.165, 1.54) is 0 Å². The molecule has 0 fully saturated rings. The van der Waals surface area contributed by atoms with E-state index >= 15 is 0 Å². The molecular formula is C16H13ClN2O3. The zero-order chi connectivity index (χ0) is 15.5. The molecule has 0 saturated carbocycles. The third-order valence-electron chi connectivity index (χ3n) is 3.25. The third kappa shape index (κ3) is 3.38. The first-order valence-electron chi connectivity index (χ1n) is 6.73. The van der Waals surface area contributed by atoms with Gasteiger partial charge in [-0.15, -0.1) is 0 Å². The van der Waals surface area contributed by atoms with E-state index in [0.29, 0.717) is 22.7 Å². The number of nitrogens with one attached hydrogen (secondary N) is 2. The second-order valence-corrected chi connectivity index (χ2v) is 5.36. The Morgan fingerprint density at radius 2 is 1.86 bits per heavy atom. The summed E-state index contributed by atoms with van der Waals surface area (Å²) in [6, 6.07) is 12.5. The number of carbonyl (C=O) groups excluding carboxylic acids is 1. The van der Waals surface area contributed by atoms with Crippen LogP contribution in [0.5, 0.6) is 0 Å². The summed E-state index contributed by atoms with van der Waals surface area (Å²) in [5.74, 6) is -0.598. The molecule has 0 aliphatic carbocycles. The van der Waals surface area contributed by atoms with E-state index in [2.05, 4.69) is 10.3 Å². The lowest BCUT2D eigenvalue weighted by atomic mass is 10.1. The second kappa shape index (κ2) is 6.07. The summed E-state index contributed by atoms with van der Waals surface area (Å²) >= 11 is 5.81. The van der Waals surface area contributed by atoms with Crippen LogP contribution in [-0.2, 0) is 17.8 Å². The molecule has 2 aromatic carbocycles. The Morgan fingerprint density at radius 1 is 1.14 bits per heavy atom. The smallest absolute Gasteiger partial charge is 0.408 e. The van der Waals surface area contributed by atoms with Gasteiger partial charge in [0.1, 0.15) is 0 Å². The Labute approximate surface area is 130 Å². The average Bonchev–Trinajstić information content (AvgIpc) is 2.86. The molecule has 6 heteroatoms. The zero-order valence-corrected chi connectivity index (χ0v) is 12.3. The van der Waals surface area contributed by atoms with Crippen LogP contribution < -0.4 is 11.1 Å². The molecule has 1 heterocycles. The highest BCUT2D eigenvalue weighted by atomic mass is 35.5. The first-order valence-corrected chi connectivity index (χ1v) is 7.11. The maximum atomic E-state index is 12.0. The highest BCUT2D eigenvalue weighted by molar-refractivity contribution is 6.30. The predicted molar refractivity (Wildman–Crippen MR) is 83.8 cm³/mol. The maximum Gasteiger partial charge on any atom is 0.417 e. The minimum absolute atomic E-state index is 0.0971. The van der Waals surface area contributed by atoms with Crippen molar-refractivity contribution >= 4 is 28.6 Å². The molecule has 1 amide bonds. The van der Waals surface area contributed by atoms with Crippen molar-refractivity contribution in [1.82, 2.24) is 10.3 Å². The van der Waals surface area contributed by atoms with Crippen molar-refractivity contribution in [1.29, 1.82) is 0 Å². The van der Waals surface area contributed by atoms with Crippen LogP contribution in [-0.4, -0.2) is 10.9 Å². The molecule has 1 aromatic heterocycles. The number of rotatable bonds is 4. The molecule has 0 aliphatic heterocycles. The van der Waals surface area contributed by atoms with E-state index in [-0.39, 0.29) is 12.3 Å². The first-order chi connectivity index (χ1) is 10.6. The molecule has 0 atom stereocenters. The standard InChI is InChI=1S/C16H13ClN2O3/c17-12-4-1-10(2-5-12)9-18-15(20)8-11-3-6-14-13(7-11)19-16(21)22-14/h1-7H,8-9H2,(H,18,20)(H,19,21). The van der Waals surface area contributed by atoms with Crippen LogP contribution in [0.15, 0.2) is 51.7 Å². The van der Waals surface area contributed by atoms with Crippen molar-refractivity contribution in [2.45, 2.75) is 13.0 Å². The number of hydrogen-bond acceptors (Lipinski definition) is 3. The van der Waals surface area contributed by atoms with Gasteiger partial charge in [0.25, 0.3) is 0 Å². The summed E-state index contributed by atoms with van der Waals surface area (Å²) < 4.78 is 4.92. The van der Waals surface area contributed by atoms with Crippen LogP contribution in [0.4, 0.5) is 0 Å². The fraction of sp³-hybridized carbons (Fsp3) is 0.125. The summed E-state index contributed by atoms with van der Waals surface area (Å²) in [4.78, 5) is 25.6. The number of amides is 1. The van der Waals surface area contributed by atoms with Crippen LogP contribution in [0.3, 0.4) is 0 Å². The van der Waals surface area contributed by atoms with Crippen LogP contribution in [0.1, 0.15) is 11.1 Å². The molecular weight excluding hydrogens is 304 g/mol. The molecule has 0 radical (unpaired) electrons. The highest BCUT2D eigenvalue weighted by Gasteiger charge is 2.06. The fourth-order valence-corrected chi connectivity index (χ4v) is 2.29. The number of aromatic nitrogens is 1. The quantitative estimate of drug-likeness (QED) is 0.777. The van der Waals surface area contributed by atoms with Gasteiger partial charge in [-0.1, -0.05) is 29.8 Å². The van der Waals surface area contributed by atoms with Crippen molar-refractivity contribution in [3.05, 3.63) is 69.2 Å². The molecule has 0 spiro atoms. The number of oxazole rings is 1. The molecule has 0 unspecified atom stereocenters. The Kier molecular flexibility index (Phi) is 3.98. The predicted octanol–water partition coefficient (Wildman–Crippen LogP) is 2.63. The van der Waals surface area contributed by atoms with Crippen molar-refractivity contribution in [2.24, 2.45) is 0 Å². The Bertz CT molecular complexity index is 865. The molecule has 0 aliphatic rings. The van der Waals surface area contributed by atoms with Gasteiger partial charge in [0.2, 0.25) is 5.91 Å². The van der Waals surface area contributed by atoms with Crippen molar-refractivity contribution in [3.8, 4) is 0 Å². The SMILES string of the molecule is O=C(Cc1ccc2oc(=O)[nH]c2c1)NCc1ccc(Cl)cc1. The molecule has 22 heavy (non-hydrogen) atoms. The summed E-state index contributed by atoms with van der Waals surface area (Å²) in [5, 5.41) is 3.51. The van der Waals surface area contributed by atoms with E-state index in [9.17, 15) is 9.59 Å². The normalized spacial score (nSPS) is 10.8. The number of aromatic amines is 1. The van der Waals surface area contributed by atoms with Gasteiger partial charge in [-0.25, -0.2) is 4.79 Å². The number of benzene rings is 2. The molecule has 3 rings (SSSR count). The molecule has 2 N–H and O–H groups in total. The molecule has 112 valence electrons. The van der Waals surface area contributed by atoms with Gasteiger partial charge in [-0.2, -0.15) is 0 Å². The van der Waals surface area contributed by atoms with E-state index in [1.807, 2.05) is 12.1 Å². The minimum atomic E-state index is -0.501. The zero-order valence-electron chi connectivity index (χ0n) is 11.6. The van der Waals surface area contributed by atoms with E-state index in [4.69, 9.17) is 16.0 Å². The lowest BCUT2D eigenvalue weighted by Crippen LogP contribution is -2.24. The molecule has 3 aromatic rings. The molecule has 5 nitrogen and oxygen atoms in total. The summed E-state index contributed by atoms with van der Waals surface area (Å²) in [7, 11) is 0. The molecule has 0 saturated heterocycles. The summed E-state index contributed by atoms with van der Waals surface area (Å²) in [6.45, 7) is 0.445. The fourth-order valence-electron chi connectivity index (χ4n) is 2.16. The number of H-pyrrole nitrogens is 1. The van der Waals surface area contributed by atoms with Gasteiger partial charge in [0.15, 0.2) is 5.58 Å². The van der Waals surface area contributed by atoms with E-state index in [0.717, 1.165) is 11.1 Å². The summed E-state index contributed by atoms with van der Waals surface area (Å²) in [6.07, 6.45) is 0.233. The largest absolute Gasteiger partial charge is 0.417 e. The van der Waals surface area contributed by atoms with Crippen LogP contribution in [0.2, 0.25) is 5.02 Å².